The van der Waals surface area contributed by atoms with Crippen LogP contribution < -0.4 is 0 Å². The van der Waals surface area contributed by atoms with E-state index in [0.29, 0.717) is 6.04 Å². The Morgan fingerprint density at radius 3 is 2.65 bits per heavy atom. The fraction of sp³-hybridized carbons (Fsp3) is 0.600. The molecule has 1 unspecified atom stereocenters. The van der Waals surface area contributed by atoms with Crippen LogP contribution in [0.25, 0.3) is 11.2 Å². The summed E-state index contributed by atoms with van der Waals surface area (Å²) < 4.78 is 2.14. The van der Waals surface area contributed by atoms with Gasteiger partial charge in [-0.25, -0.2) is 9.97 Å². The molecule has 4 nitrogen and oxygen atoms in total. The first-order chi connectivity index (χ1) is 9.40. The lowest BCUT2D eigenvalue weighted by Gasteiger charge is -2.22. The fourth-order valence-corrected chi connectivity index (χ4v) is 2.34. The van der Waals surface area contributed by atoms with Crippen molar-refractivity contribution >= 4 is 22.8 Å². The van der Waals surface area contributed by atoms with Gasteiger partial charge in [0.2, 0.25) is 0 Å². The van der Waals surface area contributed by atoms with Crippen LogP contribution in [0.15, 0.2) is 12.3 Å². The van der Waals surface area contributed by atoms with Crippen molar-refractivity contribution in [2.45, 2.75) is 45.7 Å². The van der Waals surface area contributed by atoms with Crippen molar-refractivity contribution in [3.05, 3.63) is 23.7 Å². The summed E-state index contributed by atoms with van der Waals surface area (Å²) in [5.41, 5.74) is 2.98. The van der Waals surface area contributed by atoms with Gasteiger partial charge >= 0.3 is 0 Å². The van der Waals surface area contributed by atoms with Crippen molar-refractivity contribution in [3.8, 4) is 0 Å². The molecule has 0 aromatic carbocycles. The zero-order valence-corrected chi connectivity index (χ0v) is 13.6. The zero-order valence-electron chi connectivity index (χ0n) is 12.9. The van der Waals surface area contributed by atoms with E-state index < -0.39 is 0 Å². The quantitative estimate of drug-likeness (QED) is 0.793. The van der Waals surface area contributed by atoms with E-state index in [1.807, 2.05) is 20.0 Å². The second-order valence-corrected chi connectivity index (χ2v) is 6.32. The number of imidazole rings is 1. The molecule has 5 heteroatoms. The fourth-order valence-electron chi connectivity index (χ4n) is 2.17. The average molecular weight is 295 g/mol. The molecular formula is C15H23ClN4. The summed E-state index contributed by atoms with van der Waals surface area (Å²) in [6, 6.07) is 2.59. The summed E-state index contributed by atoms with van der Waals surface area (Å²) in [6.45, 7) is 10.2. The maximum absolute atomic E-state index is 6.27. The van der Waals surface area contributed by atoms with Gasteiger partial charge in [-0.2, -0.15) is 0 Å². The smallest absolute Gasteiger partial charge is 0.160 e. The van der Waals surface area contributed by atoms with Crippen molar-refractivity contribution in [2.75, 3.05) is 13.6 Å². The molecule has 20 heavy (non-hydrogen) atoms. The van der Waals surface area contributed by atoms with Crippen molar-refractivity contribution in [1.82, 2.24) is 19.4 Å². The Hall–Kier alpha value is -1.13. The number of nitrogens with zero attached hydrogens (tertiary/aromatic N) is 4. The minimum Gasteiger partial charge on any atom is -0.310 e. The topological polar surface area (TPSA) is 34.0 Å². The molecule has 0 spiro atoms. The molecule has 0 N–H and O–H groups in total. The van der Waals surface area contributed by atoms with Gasteiger partial charge in [0.05, 0.1) is 5.38 Å². The van der Waals surface area contributed by atoms with Crippen molar-refractivity contribution in [2.24, 2.45) is 0 Å². The maximum atomic E-state index is 6.27. The lowest BCUT2D eigenvalue weighted by molar-refractivity contribution is 0.263. The number of pyridine rings is 1. The molecule has 0 aliphatic rings. The summed E-state index contributed by atoms with van der Waals surface area (Å²) in [5, 5.41) is -0.117. The van der Waals surface area contributed by atoms with E-state index in [4.69, 9.17) is 11.6 Å². The third-order valence-corrected chi connectivity index (χ3v) is 3.86. The highest BCUT2D eigenvalue weighted by Gasteiger charge is 2.16. The number of aryl methyl sites for hydroxylation is 1. The number of hydrogen-bond acceptors (Lipinski definition) is 3. The van der Waals surface area contributed by atoms with Gasteiger partial charge < -0.3 is 9.47 Å². The first-order valence-electron chi connectivity index (χ1n) is 7.07. The van der Waals surface area contributed by atoms with Crippen LogP contribution in [-0.4, -0.2) is 39.1 Å². The molecule has 110 valence electrons. The number of likely N-dealkylation sites (N-methyl/N-ethyl adjacent to an activating group) is 1. The normalized spacial score (nSPS) is 13.6. The summed E-state index contributed by atoms with van der Waals surface area (Å²) >= 11 is 6.27. The van der Waals surface area contributed by atoms with E-state index in [1.165, 1.54) is 0 Å². The van der Waals surface area contributed by atoms with E-state index in [0.717, 1.165) is 35.6 Å². The molecular weight excluding hydrogens is 272 g/mol. The van der Waals surface area contributed by atoms with Gasteiger partial charge in [0.25, 0.3) is 0 Å². The van der Waals surface area contributed by atoms with E-state index in [-0.39, 0.29) is 5.38 Å². The Bertz CT molecular complexity index is 589. The van der Waals surface area contributed by atoms with Gasteiger partial charge in [0.1, 0.15) is 11.3 Å². The van der Waals surface area contributed by atoms with Crippen LogP contribution in [0, 0.1) is 6.92 Å². The summed E-state index contributed by atoms with van der Waals surface area (Å²) in [6.07, 6.45) is 1.88. The number of hydrogen-bond donors (Lipinski definition) is 0. The van der Waals surface area contributed by atoms with E-state index in [9.17, 15) is 0 Å². The molecule has 0 aliphatic heterocycles. The Kier molecular flexibility index (Phi) is 4.66. The highest BCUT2D eigenvalue weighted by Crippen LogP contribution is 2.23. The summed E-state index contributed by atoms with van der Waals surface area (Å²) in [5.74, 6) is 0.900. The predicted molar refractivity (Wildman–Crippen MR) is 84.3 cm³/mol. The molecule has 0 bridgehead atoms. The van der Waals surface area contributed by atoms with Gasteiger partial charge in [-0.3, -0.25) is 0 Å². The molecule has 0 fully saturated rings. The number of halogens is 1. The standard InChI is InChI=1S/C15H23ClN4/c1-10(2)19(5)6-7-20-14(12(4)16)18-13-8-11(3)9-17-15(13)20/h8-10,12H,6-7H2,1-5H3. The first kappa shape index (κ1) is 15.3. The molecule has 2 aromatic rings. The van der Waals surface area contributed by atoms with Crippen LogP contribution in [0.5, 0.6) is 0 Å². The molecule has 2 aromatic heterocycles. The van der Waals surface area contributed by atoms with Gasteiger partial charge in [0, 0.05) is 25.3 Å². The Morgan fingerprint density at radius 1 is 1.35 bits per heavy atom. The van der Waals surface area contributed by atoms with Crippen LogP contribution >= 0.6 is 11.6 Å². The number of fused-ring (bicyclic) bond motifs is 1. The third kappa shape index (κ3) is 3.13. The van der Waals surface area contributed by atoms with Crippen LogP contribution in [0.3, 0.4) is 0 Å². The summed E-state index contributed by atoms with van der Waals surface area (Å²) in [7, 11) is 2.13. The SMILES string of the molecule is Cc1cnc2c(c1)nc(C(C)Cl)n2CCN(C)C(C)C. The Balaban J connectivity index is 2.36. The Morgan fingerprint density at radius 2 is 2.05 bits per heavy atom. The molecule has 0 amide bonds. The molecule has 0 saturated heterocycles. The highest BCUT2D eigenvalue weighted by atomic mass is 35.5. The second-order valence-electron chi connectivity index (χ2n) is 5.67. The second kappa shape index (κ2) is 6.10. The lowest BCUT2D eigenvalue weighted by atomic mass is 10.3. The summed E-state index contributed by atoms with van der Waals surface area (Å²) in [4.78, 5) is 11.5. The van der Waals surface area contributed by atoms with Crippen molar-refractivity contribution in [1.29, 1.82) is 0 Å². The molecule has 2 rings (SSSR count). The molecule has 0 radical (unpaired) electrons. The van der Waals surface area contributed by atoms with E-state index in [2.05, 4.69) is 46.4 Å². The van der Waals surface area contributed by atoms with Crippen LogP contribution in [0.1, 0.15) is 37.5 Å². The average Bonchev–Trinajstić information content (AvgIpc) is 2.73. The predicted octanol–water partition coefficient (Wildman–Crippen LogP) is 3.38. The third-order valence-electron chi connectivity index (χ3n) is 3.66. The minimum absolute atomic E-state index is 0.117. The van der Waals surface area contributed by atoms with Crippen LogP contribution in [-0.2, 0) is 6.54 Å². The number of alkyl halides is 1. The van der Waals surface area contributed by atoms with Crippen LogP contribution in [0.2, 0.25) is 0 Å². The van der Waals surface area contributed by atoms with E-state index >= 15 is 0 Å². The van der Waals surface area contributed by atoms with Gasteiger partial charge in [-0.1, -0.05) is 0 Å². The monoisotopic (exact) mass is 294 g/mol. The minimum atomic E-state index is -0.117. The largest absolute Gasteiger partial charge is 0.310 e. The number of rotatable bonds is 5. The lowest BCUT2D eigenvalue weighted by Crippen LogP contribution is -2.30. The van der Waals surface area contributed by atoms with E-state index in [1.54, 1.807) is 0 Å². The van der Waals surface area contributed by atoms with Crippen molar-refractivity contribution in [3.63, 3.8) is 0 Å². The highest BCUT2D eigenvalue weighted by molar-refractivity contribution is 6.20. The first-order valence-corrected chi connectivity index (χ1v) is 7.51. The molecule has 0 aliphatic carbocycles. The molecule has 0 saturated carbocycles. The molecule has 1 atom stereocenters. The van der Waals surface area contributed by atoms with Gasteiger partial charge in [-0.05, 0) is 46.4 Å². The number of aromatic nitrogens is 3. The zero-order chi connectivity index (χ0) is 14.9. The molecule has 2 heterocycles. The van der Waals surface area contributed by atoms with Gasteiger partial charge in [-0.15, -0.1) is 11.6 Å². The maximum Gasteiger partial charge on any atom is 0.160 e. The van der Waals surface area contributed by atoms with Crippen molar-refractivity contribution < 1.29 is 0 Å². The van der Waals surface area contributed by atoms with Gasteiger partial charge in [0.15, 0.2) is 5.65 Å². The van der Waals surface area contributed by atoms with Crippen LogP contribution in [0.4, 0.5) is 0 Å². The Labute approximate surface area is 125 Å².